The van der Waals surface area contributed by atoms with Gasteiger partial charge in [0.2, 0.25) is 0 Å². The first-order valence-corrected chi connectivity index (χ1v) is 9.70. The molecule has 5 nitrogen and oxygen atoms in total. The number of esters is 2. The van der Waals surface area contributed by atoms with Crippen LogP contribution in [0.2, 0.25) is 0 Å². The van der Waals surface area contributed by atoms with E-state index in [-0.39, 0.29) is 12.3 Å². The zero-order valence-corrected chi connectivity index (χ0v) is 18.7. The first-order chi connectivity index (χ1) is 11.1. The highest BCUT2D eigenvalue weighted by Crippen LogP contribution is 2.41. The molecule has 25 heavy (non-hydrogen) atoms. The van der Waals surface area contributed by atoms with Gasteiger partial charge in [-0.15, -0.1) is 0 Å². The van der Waals surface area contributed by atoms with Crippen molar-refractivity contribution in [2.75, 3.05) is 0 Å². The Morgan fingerprint density at radius 2 is 1.72 bits per heavy atom. The highest BCUT2D eigenvalue weighted by molar-refractivity contribution is 9.12. The minimum absolute atomic E-state index is 0.243. The molecule has 0 fully saturated rings. The second-order valence-electron chi connectivity index (χ2n) is 8.14. The number of rotatable bonds is 4. The lowest BCUT2D eigenvalue weighted by Crippen LogP contribution is -2.47. The first-order valence-electron chi connectivity index (χ1n) is 8.11. The van der Waals surface area contributed by atoms with Crippen LogP contribution in [-0.2, 0) is 19.1 Å². The van der Waals surface area contributed by atoms with Crippen molar-refractivity contribution >= 4 is 43.8 Å². The van der Waals surface area contributed by atoms with E-state index in [4.69, 9.17) is 15.2 Å². The van der Waals surface area contributed by atoms with E-state index in [1.807, 2.05) is 12.2 Å². The van der Waals surface area contributed by atoms with Crippen LogP contribution in [0.15, 0.2) is 22.7 Å². The second-order valence-corrected chi connectivity index (χ2v) is 10.4. The molecule has 0 bridgehead atoms. The summed E-state index contributed by atoms with van der Waals surface area (Å²) in [6, 6.07) is -0.849. The van der Waals surface area contributed by atoms with Gasteiger partial charge in [0.15, 0.2) is 0 Å². The maximum Gasteiger partial charge on any atom is 0.328 e. The Bertz CT molecular complexity index is 587. The summed E-state index contributed by atoms with van der Waals surface area (Å²) in [6.07, 6.45) is 5.64. The van der Waals surface area contributed by atoms with Gasteiger partial charge in [-0.05, 0) is 54.0 Å². The predicted octanol–water partition coefficient (Wildman–Crippen LogP) is 3.99. The summed E-state index contributed by atoms with van der Waals surface area (Å²) in [6.45, 7) is 10.8. The number of carbonyl (C=O) groups excluding carboxylic acids is 2. The molecule has 1 rings (SSSR count). The summed E-state index contributed by atoms with van der Waals surface area (Å²) < 4.78 is 10.5. The third kappa shape index (κ3) is 6.87. The molecule has 7 heteroatoms. The monoisotopic (exact) mass is 479 g/mol. The molecule has 0 aromatic carbocycles. The van der Waals surface area contributed by atoms with Crippen molar-refractivity contribution < 1.29 is 19.1 Å². The third-order valence-corrected chi connectivity index (χ3v) is 4.94. The number of ether oxygens (including phenoxy) is 2. The van der Waals surface area contributed by atoms with Gasteiger partial charge in [-0.3, -0.25) is 9.59 Å². The van der Waals surface area contributed by atoms with Crippen LogP contribution in [0.25, 0.3) is 0 Å². The largest absolute Gasteiger partial charge is 0.459 e. The van der Waals surface area contributed by atoms with Gasteiger partial charge in [0.05, 0.1) is 0 Å². The number of hydrogen-bond donors (Lipinski definition) is 1. The number of alkyl halides is 1. The molecule has 1 aliphatic rings. The normalized spacial score (nSPS) is 25.2. The van der Waals surface area contributed by atoms with Crippen LogP contribution < -0.4 is 5.73 Å². The second kappa shape index (κ2) is 7.92. The van der Waals surface area contributed by atoms with Crippen LogP contribution in [0.1, 0.15) is 48.0 Å². The summed E-state index contributed by atoms with van der Waals surface area (Å²) in [7, 11) is 0. The molecule has 0 heterocycles. The van der Waals surface area contributed by atoms with Gasteiger partial charge in [0.25, 0.3) is 0 Å². The number of hydrogen-bond acceptors (Lipinski definition) is 5. The van der Waals surface area contributed by atoms with E-state index in [0.717, 1.165) is 4.48 Å². The SMILES string of the molecule is CC(C)(C)OC(=O)C(N)CC1C=CC(Br)=CC1(Br)C(=O)OC(C)(C)C. The lowest BCUT2D eigenvalue weighted by molar-refractivity contribution is -0.160. The number of nitrogens with two attached hydrogens (primary N) is 1. The van der Waals surface area contributed by atoms with Gasteiger partial charge in [-0.25, -0.2) is 0 Å². The molecule has 0 aromatic heterocycles. The Morgan fingerprint density at radius 1 is 1.20 bits per heavy atom. The zero-order chi connectivity index (χ0) is 19.6. The molecule has 0 saturated heterocycles. The molecule has 2 N–H and O–H groups in total. The van der Waals surface area contributed by atoms with Crippen LogP contribution in [-0.4, -0.2) is 33.5 Å². The van der Waals surface area contributed by atoms with Gasteiger partial charge in [-0.2, -0.15) is 0 Å². The molecule has 1 aliphatic carbocycles. The van der Waals surface area contributed by atoms with E-state index in [9.17, 15) is 9.59 Å². The molecule has 0 saturated carbocycles. The Balaban J connectivity index is 2.98. The zero-order valence-electron chi connectivity index (χ0n) is 15.6. The molecular formula is C18H27Br2NO4. The summed E-state index contributed by atoms with van der Waals surface area (Å²) in [5.41, 5.74) is 4.78. The van der Waals surface area contributed by atoms with Crippen LogP contribution in [0, 0.1) is 5.92 Å². The topological polar surface area (TPSA) is 78.6 Å². The smallest absolute Gasteiger partial charge is 0.328 e. The third-order valence-electron chi connectivity index (χ3n) is 3.30. The molecule has 0 aromatic rings. The molecular weight excluding hydrogens is 454 g/mol. The molecule has 142 valence electrons. The summed E-state index contributed by atoms with van der Waals surface area (Å²) >= 11 is 6.91. The minimum atomic E-state index is -1.10. The van der Waals surface area contributed by atoms with Crippen molar-refractivity contribution in [3.8, 4) is 0 Å². The molecule has 0 aliphatic heterocycles. The Labute approximate surface area is 166 Å². The first kappa shape index (κ1) is 22.4. The predicted molar refractivity (Wildman–Crippen MR) is 106 cm³/mol. The molecule has 0 amide bonds. The molecule has 0 spiro atoms. The average molecular weight is 481 g/mol. The lowest BCUT2D eigenvalue weighted by Gasteiger charge is -2.35. The van der Waals surface area contributed by atoms with Crippen LogP contribution in [0.4, 0.5) is 0 Å². The summed E-state index contributed by atoms with van der Waals surface area (Å²) in [5.74, 6) is -1.28. The average Bonchev–Trinajstić information content (AvgIpc) is 2.37. The van der Waals surface area contributed by atoms with Crippen LogP contribution in [0.5, 0.6) is 0 Å². The van der Waals surface area contributed by atoms with Crippen molar-refractivity contribution in [1.82, 2.24) is 0 Å². The quantitative estimate of drug-likeness (QED) is 0.486. The van der Waals surface area contributed by atoms with Crippen molar-refractivity contribution in [2.45, 2.75) is 69.5 Å². The van der Waals surface area contributed by atoms with Gasteiger partial charge in [0, 0.05) is 10.4 Å². The van der Waals surface area contributed by atoms with E-state index in [2.05, 4.69) is 31.9 Å². The van der Waals surface area contributed by atoms with Gasteiger partial charge < -0.3 is 15.2 Å². The van der Waals surface area contributed by atoms with Gasteiger partial charge in [-0.1, -0.05) is 44.0 Å². The lowest BCUT2D eigenvalue weighted by atomic mass is 9.83. The highest BCUT2D eigenvalue weighted by atomic mass is 79.9. The molecule has 3 unspecified atom stereocenters. The van der Waals surface area contributed by atoms with Crippen molar-refractivity contribution in [2.24, 2.45) is 11.7 Å². The Morgan fingerprint density at radius 3 is 2.20 bits per heavy atom. The van der Waals surface area contributed by atoms with E-state index >= 15 is 0 Å². The van der Waals surface area contributed by atoms with Crippen molar-refractivity contribution in [1.29, 1.82) is 0 Å². The van der Waals surface area contributed by atoms with E-state index in [1.165, 1.54) is 0 Å². The van der Waals surface area contributed by atoms with Gasteiger partial charge >= 0.3 is 11.9 Å². The fourth-order valence-electron chi connectivity index (χ4n) is 2.27. The van der Waals surface area contributed by atoms with Crippen molar-refractivity contribution in [3.05, 3.63) is 22.7 Å². The number of allylic oxidation sites excluding steroid dienone is 3. The minimum Gasteiger partial charge on any atom is -0.459 e. The summed E-state index contributed by atoms with van der Waals surface area (Å²) in [4.78, 5) is 24.9. The van der Waals surface area contributed by atoms with Crippen LogP contribution >= 0.6 is 31.9 Å². The Hall–Kier alpha value is -0.660. The highest BCUT2D eigenvalue weighted by Gasteiger charge is 2.46. The standard InChI is InChI=1S/C18H27Br2NO4/c1-16(2,3)24-14(22)13(21)9-11-7-8-12(19)10-18(11,20)15(23)25-17(4,5)6/h7-8,10-11,13H,9,21H2,1-6H3. The maximum absolute atomic E-state index is 12.7. The van der Waals surface area contributed by atoms with E-state index < -0.39 is 33.5 Å². The number of carbonyl (C=O) groups is 2. The summed E-state index contributed by atoms with van der Waals surface area (Å²) in [5, 5.41) is 0. The van der Waals surface area contributed by atoms with Crippen molar-refractivity contribution in [3.63, 3.8) is 0 Å². The fourth-order valence-corrected chi connectivity index (χ4v) is 3.76. The molecule has 0 radical (unpaired) electrons. The fraction of sp³-hybridized carbons (Fsp3) is 0.667. The maximum atomic E-state index is 12.7. The van der Waals surface area contributed by atoms with Crippen LogP contribution in [0.3, 0.4) is 0 Å². The molecule has 3 atom stereocenters. The van der Waals surface area contributed by atoms with E-state index in [1.54, 1.807) is 47.6 Å². The number of halogens is 2. The Kier molecular flexibility index (Phi) is 7.09. The van der Waals surface area contributed by atoms with Gasteiger partial charge in [0.1, 0.15) is 21.6 Å². The van der Waals surface area contributed by atoms with E-state index in [0.29, 0.717) is 0 Å².